The van der Waals surface area contributed by atoms with Gasteiger partial charge in [-0.1, -0.05) is 26.0 Å². The van der Waals surface area contributed by atoms with Gasteiger partial charge in [-0.05, 0) is 30.5 Å². The van der Waals surface area contributed by atoms with Crippen LogP contribution in [-0.2, 0) is 13.0 Å². The van der Waals surface area contributed by atoms with Gasteiger partial charge >= 0.3 is 0 Å². The zero-order valence-corrected chi connectivity index (χ0v) is 17.1. The highest BCUT2D eigenvalue weighted by Crippen LogP contribution is 2.27. The zero-order chi connectivity index (χ0) is 20.4. The van der Waals surface area contributed by atoms with Crippen molar-refractivity contribution in [1.82, 2.24) is 20.2 Å². The highest BCUT2D eigenvalue weighted by Gasteiger charge is 2.28. The van der Waals surface area contributed by atoms with Crippen LogP contribution in [0.3, 0.4) is 0 Å². The number of carbonyl (C=O) groups is 1. The predicted octanol–water partition coefficient (Wildman–Crippen LogP) is 2.74. The maximum atomic E-state index is 13.5. The lowest BCUT2D eigenvalue weighted by molar-refractivity contribution is 0.0940. The molecule has 154 valence electrons. The molecule has 1 amide bonds. The predicted molar refractivity (Wildman–Crippen MR) is 111 cm³/mol. The van der Waals surface area contributed by atoms with Crippen molar-refractivity contribution in [3.8, 4) is 0 Å². The van der Waals surface area contributed by atoms with Crippen LogP contribution in [0.25, 0.3) is 0 Å². The summed E-state index contributed by atoms with van der Waals surface area (Å²) in [7, 11) is 0. The summed E-state index contributed by atoms with van der Waals surface area (Å²) in [5.74, 6) is 1.51. The van der Waals surface area contributed by atoms with Crippen LogP contribution in [0.2, 0.25) is 0 Å². The number of anilines is 1. The number of amides is 1. The van der Waals surface area contributed by atoms with Gasteiger partial charge in [0.15, 0.2) is 0 Å². The lowest BCUT2D eigenvalue weighted by Gasteiger charge is -2.28. The molecule has 0 aliphatic carbocycles. The number of carbonyl (C=O) groups excluding carboxylic acids is 1. The minimum absolute atomic E-state index is 0.0978. The second-order valence-electron chi connectivity index (χ2n) is 8.14. The van der Waals surface area contributed by atoms with Crippen LogP contribution in [0.5, 0.6) is 0 Å². The van der Waals surface area contributed by atoms with Gasteiger partial charge in [-0.25, -0.2) is 14.4 Å². The first-order chi connectivity index (χ1) is 14.0. The Bertz CT molecular complexity index is 901. The van der Waals surface area contributed by atoms with E-state index in [-0.39, 0.29) is 17.6 Å². The molecule has 7 heteroatoms. The minimum atomic E-state index is -0.189. The fourth-order valence-electron chi connectivity index (χ4n) is 4.05. The molecule has 2 aliphatic heterocycles. The third kappa shape index (κ3) is 4.40. The number of nitrogens with zero attached hydrogens (tertiary/aromatic N) is 4. The maximum absolute atomic E-state index is 13.5. The Morgan fingerprint density at radius 1 is 1.17 bits per heavy atom. The summed E-state index contributed by atoms with van der Waals surface area (Å²) in [6.07, 6.45) is 1.76. The number of aromatic nitrogens is 2. The van der Waals surface area contributed by atoms with Crippen molar-refractivity contribution in [2.45, 2.75) is 39.2 Å². The molecule has 4 rings (SSSR count). The van der Waals surface area contributed by atoms with Crippen molar-refractivity contribution in [2.24, 2.45) is 0 Å². The summed E-state index contributed by atoms with van der Waals surface area (Å²) in [6, 6.07) is 6.83. The summed E-state index contributed by atoms with van der Waals surface area (Å²) in [6.45, 7) is 9.02. The van der Waals surface area contributed by atoms with Crippen LogP contribution in [0, 0.1) is 5.82 Å². The Hall–Kier alpha value is -2.54. The van der Waals surface area contributed by atoms with Gasteiger partial charge in [-0.2, -0.15) is 0 Å². The van der Waals surface area contributed by atoms with Gasteiger partial charge < -0.3 is 10.2 Å². The number of hydrogen-bond acceptors (Lipinski definition) is 5. The van der Waals surface area contributed by atoms with Crippen molar-refractivity contribution in [3.05, 3.63) is 52.7 Å². The van der Waals surface area contributed by atoms with E-state index in [1.165, 1.54) is 6.07 Å². The first-order valence-electron chi connectivity index (χ1n) is 10.4. The minimum Gasteiger partial charge on any atom is -0.355 e. The van der Waals surface area contributed by atoms with E-state index in [1.54, 1.807) is 12.1 Å². The van der Waals surface area contributed by atoms with Gasteiger partial charge in [0.05, 0.1) is 0 Å². The summed E-state index contributed by atoms with van der Waals surface area (Å²) < 4.78 is 13.5. The van der Waals surface area contributed by atoms with Crippen LogP contribution in [0.4, 0.5) is 10.2 Å². The third-order valence-electron chi connectivity index (χ3n) is 5.58. The molecule has 29 heavy (non-hydrogen) atoms. The largest absolute Gasteiger partial charge is 0.355 e. The molecule has 1 aromatic carbocycles. The van der Waals surface area contributed by atoms with Crippen molar-refractivity contribution in [2.75, 3.05) is 37.6 Å². The molecule has 0 radical (unpaired) electrons. The van der Waals surface area contributed by atoms with E-state index in [1.807, 2.05) is 6.07 Å². The highest BCUT2D eigenvalue weighted by molar-refractivity contribution is 5.96. The molecule has 0 bridgehead atoms. The molecular weight excluding hydrogens is 369 g/mol. The summed E-state index contributed by atoms with van der Waals surface area (Å²) in [4.78, 5) is 26.5. The lowest BCUT2D eigenvalue weighted by atomic mass is 10.0. The number of hydrogen-bond donors (Lipinski definition) is 1. The molecule has 2 aromatic rings. The molecule has 1 aromatic heterocycles. The Labute approximate surface area is 171 Å². The fraction of sp³-hybridized carbons (Fsp3) is 0.500. The first kappa shape index (κ1) is 19.8. The topological polar surface area (TPSA) is 61.4 Å². The Morgan fingerprint density at radius 2 is 2.03 bits per heavy atom. The van der Waals surface area contributed by atoms with Gasteiger partial charge in [0.25, 0.3) is 5.91 Å². The van der Waals surface area contributed by atoms with Gasteiger partial charge in [-0.3, -0.25) is 9.69 Å². The lowest BCUT2D eigenvalue weighted by Crippen LogP contribution is -2.37. The summed E-state index contributed by atoms with van der Waals surface area (Å²) in [5.41, 5.74) is 2.50. The number of nitrogens with one attached hydrogen (secondary N) is 1. The molecule has 0 atom stereocenters. The van der Waals surface area contributed by atoms with E-state index >= 15 is 0 Å². The van der Waals surface area contributed by atoms with Crippen LogP contribution in [0.15, 0.2) is 24.3 Å². The van der Waals surface area contributed by atoms with E-state index in [4.69, 9.17) is 4.98 Å². The molecule has 0 spiro atoms. The van der Waals surface area contributed by atoms with Gasteiger partial charge in [-0.15, -0.1) is 0 Å². The van der Waals surface area contributed by atoms with Crippen LogP contribution < -0.4 is 10.2 Å². The number of halogens is 1. The SMILES string of the molecule is CC(C)c1nc2c(c(N3CCCN(Cc4cccc(F)c4)CC3)n1)CCNC2=O. The van der Waals surface area contributed by atoms with E-state index in [0.29, 0.717) is 12.2 Å². The fourth-order valence-corrected chi connectivity index (χ4v) is 4.05. The average molecular weight is 397 g/mol. The second kappa shape index (κ2) is 8.45. The normalized spacial score (nSPS) is 17.8. The quantitative estimate of drug-likeness (QED) is 0.860. The molecule has 1 saturated heterocycles. The molecule has 3 heterocycles. The van der Waals surface area contributed by atoms with E-state index in [0.717, 1.165) is 68.3 Å². The summed E-state index contributed by atoms with van der Waals surface area (Å²) in [5, 5.41) is 2.90. The van der Waals surface area contributed by atoms with Crippen molar-refractivity contribution >= 4 is 11.7 Å². The number of rotatable bonds is 4. The number of benzene rings is 1. The van der Waals surface area contributed by atoms with Crippen LogP contribution in [0.1, 0.15) is 53.6 Å². The van der Waals surface area contributed by atoms with E-state index in [2.05, 4.69) is 33.9 Å². The highest BCUT2D eigenvalue weighted by atomic mass is 19.1. The monoisotopic (exact) mass is 397 g/mol. The van der Waals surface area contributed by atoms with E-state index < -0.39 is 0 Å². The third-order valence-corrected chi connectivity index (χ3v) is 5.58. The molecular formula is C22H28FN5O. The zero-order valence-electron chi connectivity index (χ0n) is 17.1. The number of fused-ring (bicyclic) bond motifs is 1. The Kier molecular flexibility index (Phi) is 5.76. The molecule has 6 nitrogen and oxygen atoms in total. The van der Waals surface area contributed by atoms with Gasteiger partial charge in [0, 0.05) is 50.7 Å². The van der Waals surface area contributed by atoms with Crippen LogP contribution >= 0.6 is 0 Å². The van der Waals surface area contributed by atoms with Gasteiger partial charge in [0.2, 0.25) is 0 Å². The molecule has 2 aliphatic rings. The van der Waals surface area contributed by atoms with E-state index in [9.17, 15) is 9.18 Å². The second-order valence-corrected chi connectivity index (χ2v) is 8.14. The van der Waals surface area contributed by atoms with Crippen molar-refractivity contribution < 1.29 is 9.18 Å². The van der Waals surface area contributed by atoms with Crippen molar-refractivity contribution in [1.29, 1.82) is 0 Å². The van der Waals surface area contributed by atoms with Gasteiger partial charge in [0.1, 0.15) is 23.2 Å². The maximum Gasteiger partial charge on any atom is 0.270 e. The molecule has 1 fully saturated rings. The van der Waals surface area contributed by atoms with Crippen molar-refractivity contribution in [3.63, 3.8) is 0 Å². The molecule has 0 unspecified atom stereocenters. The average Bonchev–Trinajstić information content (AvgIpc) is 2.93. The standard InChI is InChI=1S/C22H28FN5O/c1-15(2)20-25-19-18(7-8-24-22(19)29)21(26-20)28-10-4-9-27(11-12-28)14-16-5-3-6-17(23)13-16/h3,5-6,13,15H,4,7-12,14H2,1-2H3,(H,24,29). The molecule has 0 saturated carbocycles. The molecule has 1 N–H and O–H groups in total. The Morgan fingerprint density at radius 3 is 2.83 bits per heavy atom. The smallest absolute Gasteiger partial charge is 0.270 e. The first-order valence-corrected chi connectivity index (χ1v) is 10.4. The Balaban J connectivity index is 1.55. The van der Waals surface area contributed by atoms with Crippen LogP contribution in [-0.4, -0.2) is 53.5 Å². The summed E-state index contributed by atoms with van der Waals surface area (Å²) >= 11 is 0.